The normalized spacial score (nSPS) is 32.2. The smallest absolute Gasteiger partial charge is 0.224 e. The molecule has 0 spiro atoms. The molecule has 1 heterocycles. The number of amides is 1. The molecule has 2 saturated carbocycles. The number of likely N-dealkylation sites (tertiary alicyclic amines) is 1. The van der Waals surface area contributed by atoms with E-state index in [4.69, 9.17) is 0 Å². The summed E-state index contributed by atoms with van der Waals surface area (Å²) in [6, 6.07) is 1.60. The topological polar surface area (TPSA) is 32.3 Å². The summed E-state index contributed by atoms with van der Waals surface area (Å²) in [5.74, 6) is 1.35. The van der Waals surface area contributed by atoms with Gasteiger partial charge in [-0.05, 0) is 32.1 Å². The molecule has 0 aromatic carbocycles. The van der Waals surface area contributed by atoms with E-state index in [1.54, 1.807) is 0 Å². The molecule has 0 aromatic heterocycles. The number of carbonyl (C=O) groups is 1. The molecule has 3 rings (SSSR count). The van der Waals surface area contributed by atoms with E-state index in [-0.39, 0.29) is 0 Å². The van der Waals surface area contributed by atoms with E-state index in [1.807, 2.05) is 0 Å². The van der Waals surface area contributed by atoms with Crippen LogP contribution in [-0.2, 0) is 4.79 Å². The summed E-state index contributed by atoms with van der Waals surface area (Å²) < 4.78 is 0. The lowest BCUT2D eigenvalue weighted by atomic mass is 10.1. The minimum absolute atomic E-state index is 0.374. The molecule has 3 aliphatic rings. The minimum atomic E-state index is 0.374. The van der Waals surface area contributed by atoms with Crippen LogP contribution < -0.4 is 5.32 Å². The highest BCUT2D eigenvalue weighted by molar-refractivity contribution is 5.80. The van der Waals surface area contributed by atoms with Crippen molar-refractivity contribution in [2.24, 2.45) is 5.92 Å². The Morgan fingerprint density at radius 3 is 2.75 bits per heavy atom. The third kappa shape index (κ3) is 2.40. The average Bonchev–Trinajstić information content (AvgIpc) is 3.07. The monoisotopic (exact) mass is 222 g/mol. The Morgan fingerprint density at radius 1 is 1.38 bits per heavy atom. The third-order valence-electron chi connectivity index (χ3n) is 4.05. The predicted molar refractivity (Wildman–Crippen MR) is 63.1 cm³/mol. The number of nitrogens with zero attached hydrogens (tertiary/aromatic N) is 1. The van der Waals surface area contributed by atoms with E-state index >= 15 is 0 Å². The molecule has 1 aliphatic heterocycles. The molecule has 16 heavy (non-hydrogen) atoms. The maximum atomic E-state index is 11.8. The predicted octanol–water partition coefficient (Wildman–Crippen LogP) is 1.53. The highest BCUT2D eigenvalue weighted by Crippen LogP contribution is 2.34. The molecule has 2 unspecified atom stereocenters. The van der Waals surface area contributed by atoms with Gasteiger partial charge in [0.05, 0.1) is 0 Å². The van der Waals surface area contributed by atoms with E-state index in [1.165, 1.54) is 32.1 Å². The van der Waals surface area contributed by atoms with Crippen LogP contribution in [0.25, 0.3) is 0 Å². The maximum absolute atomic E-state index is 11.8. The van der Waals surface area contributed by atoms with Crippen molar-refractivity contribution in [3.8, 4) is 0 Å². The van der Waals surface area contributed by atoms with Gasteiger partial charge in [0.15, 0.2) is 0 Å². The molecule has 0 bridgehead atoms. The van der Waals surface area contributed by atoms with Gasteiger partial charge < -0.3 is 10.2 Å². The van der Waals surface area contributed by atoms with Crippen molar-refractivity contribution in [3.05, 3.63) is 0 Å². The van der Waals surface area contributed by atoms with Crippen LogP contribution in [0.4, 0.5) is 0 Å². The van der Waals surface area contributed by atoms with Gasteiger partial charge in [-0.15, -0.1) is 0 Å². The summed E-state index contributed by atoms with van der Waals surface area (Å²) in [5.41, 5.74) is 0. The van der Waals surface area contributed by atoms with Crippen LogP contribution >= 0.6 is 0 Å². The van der Waals surface area contributed by atoms with Crippen LogP contribution in [0.15, 0.2) is 0 Å². The molecule has 0 radical (unpaired) electrons. The van der Waals surface area contributed by atoms with Crippen LogP contribution in [0.2, 0.25) is 0 Å². The van der Waals surface area contributed by atoms with Gasteiger partial charge in [-0.2, -0.15) is 0 Å². The van der Waals surface area contributed by atoms with E-state index in [9.17, 15) is 4.79 Å². The lowest BCUT2D eigenvalue weighted by Gasteiger charge is -2.20. The second-order valence-corrected chi connectivity index (χ2v) is 5.93. The summed E-state index contributed by atoms with van der Waals surface area (Å²) in [6.07, 6.45) is 7.33. The fourth-order valence-electron chi connectivity index (χ4n) is 2.91. The standard InChI is InChI=1S/C13H22N2O/c1-9(6-10-2-3-10)14-11-7-13(16)15(8-11)12-4-5-12/h9-12,14H,2-8H2,1H3. The minimum Gasteiger partial charge on any atom is -0.338 e. The van der Waals surface area contributed by atoms with Gasteiger partial charge in [0.25, 0.3) is 0 Å². The average molecular weight is 222 g/mol. The third-order valence-corrected chi connectivity index (χ3v) is 4.05. The molecule has 1 amide bonds. The molecule has 90 valence electrons. The van der Waals surface area contributed by atoms with Crippen molar-refractivity contribution in [1.29, 1.82) is 0 Å². The molecule has 1 saturated heterocycles. The Balaban J connectivity index is 1.46. The van der Waals surface area contributed by atoms with Crippen molar-refractivity contribution in [3.63, 3.8) is 0 Å². The van der Waals surface area contributed by atoms with Crippen LogP contribution in [0.3, 0.4) is 0 Å². The van der Waals surface area contributed by atoms with Gasteiger partial charge in [0.1, 0.15) is 0 Å². The molecule has 1 N–H and O–H groups in total. The van der Waals surface area contributed by atoms with Crippen LogP contribution in [0.5, 0.6) is 0 Å². The van der Waals surface area contributed by atoms with Crippen molar-refractivity contribution in [1.82, 2.24) is 10.2 Å². The van der Waals surface area contributed by atoms with Crippen molar-refractivity contribution >= 4 is 5.91 Å². The highest BCUT2D eigenvalue weighted by atomic mass is 16.2. The van der Waals surface area contributed by atoms with E-state index in [2.05, 4.69) is 17.1 Å². The van der Waals surface area contributed by atoms with Crippen molar-refractivity contribution in [2.75, 3.05) is 6.54 Å². The molecular formula is C13H22N2O. The highest BCUT2D eigenvalue weighted by Gasteiger charge is 2.39. The lowest BCUT2D eigenvalue weighted by Crippen LogP contribution is -2.39. The number of nitrogens with one attached hydrogen (secondary N) is 1. The summed E-state index contributed by atoms with van der Waals surface area (Å²) in [4.78, 5) is 13.9. The lowest BCUT2D eigenvalue weighted by molar-refractivity contribution is -0.128. The summed E-state index contributed by atoms with van der Waals surface area (Å²) in [5, 5.41) is 3.63. The summed E-state index contributed by atoms with van der Waals surface area (Å²) >= 11 is 0. The SMILES string of the molecule is CC(CC1CC1)NC1CC(=O)N(C2CC2)C1. The Labute approximate surface area is 97.6 Å². The molecule has 3 heteroatoms. The Kier molecular flexibility index (Phi) is 2.66. The molecule has 3 nitrogen and oxygen atoms in total. The summed E-state index contributed by atoms with van der Waals surface area (Å²) in [7, 11) is 0. The molecule has 3 fully saturated rings. The molecule has 0 aromatic rings. The maximum Gasteiger partial charge on any atom is 0.224 e. The number of hydrogen-bond acceptors (Lipinski definition) is 2. The van der Waals surface area contributed by atoms with E-state index in [0.717, 1.165) is 18.9 Å². The largest absolute Gasteiger partial charge is 0.338 e. The second-order valence-electron chi connectivity index (χ2n) is 5.93. The molecular weight excluding hydrogens is 200 g/mol. The van der Waals surface area contributed by atoms with Crippen LogP contribution in [0, 0.1) is 5.92 Å². The van der Waals surface area contributed by atoms with Crippen molar-refractivity contribution in [2.45, 2.75) is 63.6 Å². The second kappa shape index (κ2) is 4.02. The fraction of sp³-hybridized carbons (Fsp3) is 0.923. The van der Waals surface area contributed by atoms with Gasteiger partial charge in [0.2, 0.25) is 5.91 Å². The van der Waals surface area contributed by atoms with Gasteiger partial charge in [-0.1, -0.05) is 12.8 Å². The first-order valence-corrected chi connectivity index (χ1v) is 6.78. The van der Waals surface area contributed by atoms with E-state index < -0.39 is 0 Å². The van der Waals surface area contributed by atoms with Crippen LogP contribution in [-0.4, -0.2) is 35.5 Å². The van der Waals surface area contributed by atoms with E-state index in [0.29, 0.717) is 24.0 Å². The zero-order valence-electron chi connectivity index (χ0n) is 10.1. The van der Waals surface area contributed by atoms with Gasteiger partial charge in [0, 0.05) is 31.1 Å². The first-order valence-electron chi connectivity index (χ1n) is 6.78. The number of rotatable bonds is 5. The van der Waals surface area contributed by atoms with Gasteiger partial charge in [-0.3, -0.25) is 4.79 Å². The quantitative estimate of drug-likeness (QED) is 0.765. The molecule has 2 aliphatic carbocycles. The number of hydrogen-bond donors (Lipinski definition) is 1. The first-order chi connectivity index (χ1) is 7.72. The van der Waals surface area contributed by atoms with Crippen molar-refractivity contribution < 1.29 is 4.79 Å². The zero-order chi connectivity index (χ0) is 11.1. The van der Waals surface area contributed by atoms with Gasteiger partial charge in [-0.25, -0.2) is 0 Å². The zero-order valence-corrected chi connectivity index (χ0v) is 10.1. The molecule has 2 atom stereocenters. The fourth-order valence-corrected chi connectivity index (χ4v) is 2.91. The van der Waals surface area contributed by atoms with Gasteiger partial charge >= 0.3 is 0 Å². The Bertz CT molecular complexity index is 284. The Morgan fingerprint density at radius 2 is 2.12 bits per heavy atom. The summed E-state index contributed by atoms with van der Waals surface area (Å²) in [6.45, 7) is 3.22. The Hall–Kier alpha value is -0.570. The van der Waals surface area contributed by atoms with Crippen LogP contribution in [0.1, 0.15) is 45.4 Å². The first kappa shape index (κ1) is 10.6. The number of carbonyl (C=O) groups excluding carboxylic acids is 1.